The molecule has 0 bridgehead atoms. The van der Waals surface area contributed by atoms with Gasteiger partial charge in [0.25, 0.3) is 0 Å². The number of ketones is 1. The van der Waals surface area contributed by atoms with Gasteiger partial charge < -0.3 is 4.74 Å². The normalized spacial score (nSPS) is 10.3. The Hall–Kier alpha value is -1.87. The number of hydrogen-bond acceptors (Lipinski definition) is 2. The highest BCUT2D eigenvalue weighted by Crippen LogP contribution is 2.22. The number of ether oxygens (including phenoxy) is 1. The molecule has 0 saturated heterocycles. The number of methoxy groups -OCH3 is 1. The summed E-state index contributed by atoms with van der Waals surface area (Å²) in [6.07, 6.45) is 0.866. The van der Waals surface area contributed by atoms with Crippen LogP contribution in [0.1, 0.15) is 22.3 Å². The van der Waals surface area contributed by atoms with E-state index in [0.717, 1.165) is 11.3 Å². The highest BCUT2D eigenvalue weighted by molar-refractivity contribution is 6.34. The van der Waals surface area contributed by atoms with Crippen LogP contribution in [0.25, 0.3) is 0 Å². The molecule has 2 rings (SSSR count). The van der Waals surface area contributed by atoms with Crippen LogP contribution in [0.4, 0.5) is 4.39 Å². The first-order valence-corrected chi connectivity index (χ1v) is 6.59. The van der Waals surface area contributed by atoms with Gasteiger partial charge in [-0.2, -0.15) is 0 Å². The second kappa shape index (κ2) is 6.53. The molecule has 2 aromatic carbocycles. The van der Waals surface area contributed by atoms with Gasteiger partial charge in [-0.3, -0.25) is 4.79 Å². The van der Waals surface area contributed by atoms with Gasteiger partial charge >= 0.3 is 0 Å². The molecule has 0 aliphatic rings. The summed E-state index contributed by atoms with van der Waals surface area (Å²) in [6.45, 7) is 0. The molecule has 4 heteroatoms. The summed E-state index contributed by atoms with van der Waals surface area (Å²) in [4.78, 5) is 12.0. The fourth-order valence-electron chi connectivity index (χ4n) is 1.90. The molecule has 20 heavy (non-hydrogen) atoms. The summed E-state index contributed by atoms with van der Waals surface area (Å²) in [5.41, 5.74) is 1.26. The van der Waals surface area contributed by atoms with Crippen molar-refractivity contribution in [1.82, 2.24) is 0 Å². The molecule has 104 valence electrons. The number of Topliss-reactive ketones (excluding diaryl/α,β-unsaturated/α-hetero) is 1. The molecule has 0 aliphatic carbocycles. The van der Waals surface area contributed by atoms with Crippen LogP contribution in [0.15, 0.2) is 42.5 Å². The molecule has 0 radical (unpaired) electrons. The van der Waals surface area contributed by atoms with Gasteiger partial charge in [0.05, 0.1) is 12.1 Å². The second-order valence-electron chi connectivity index (χ2n) is 4.37. The van der Waals surface area contributed by atoms with E-state index in [2.05, 4.69) is 0 Å². The minimum Gasteiger partial charge on any atom is -0.497 e. The standard InChI is InChI=1S/C16H14ClFO2/c1-20-12-8-5-11(6-9-12)7-10-15(19)13-3-2-4-14(18)16(13)17/h2-6,8-9H,7,10H2,1H3. The molecule has 0 atom stereocenters. The summed E-state index contributed by atoms with van der Waals surface area (Å²) in [5, 5.41) is -0.104. The zero-order valence-electron chi connectivity index (χ0n) is 11.0. The quantitative estimate of drug-likeness (QED) is 0.768. The zero-order chi connectivity index (χ0) is 14.5. The average Bonchev–Trinajstić information content (AvgIpc) is 2.48. The fourth-order valence-corrected chi connectivity index (χ4v) is 2.14. The third-order valence-corrected chi connectivity index (χ3v) is 3.44. The van der Waals surface area contributed by atoms with Gasteiger partial charge in [0.15, 0.2) is 5.78 Å². The van der Waals surface area contributed by atoms with Crippen LogP contribution in [0, 0.1) is 5.82 Å². The molecule has 0 amide bonds. The monoisotopic (exact) mass is 292 g/mol. The van der Waals surface area contributed by atoms with Gasteiger partial charge in [0, 0.05) is 12.0 Å². The summed E-state index contributed by atoms with van der Waals surface area (Å²) in [7, 11) is 1.60. The van der Waals surface area contributed by atoms with Gasteiger partial charge in [-0.15, -0.1) is 0 Å². The van der Waals surface area contributed by atoms with Crippen LogP contribution in [-0.4, -0.2) is 12.9 Å². The first-order chi connectivity index (χ1) is 9.61. The molecule has 0 unspecified atom stereocenters. The molecular formula is C16H14ClFO2. The number of benzene rings is 2. The number of halogens is 2. The smallest absolute Gasteiger partial charge is 0.164 e. The summed E-state index contributed by atoms with van der Waals surface area (Å²) in [6, 6.07) is 11.8. The number of aryl methyl sites for hydroxylation is 1. The van der Waals surface area contributed by atoms with Crippen molar-refractivity contribution in [1.29, 1.82) is 0 Å². The van der Waals surface area contributed by atoms with E-state index < -0.39 is 5.82 Å². The van der Waals surface area contributed by atoms with Gasteiger partial charge in [0.2, 0.25) is 0 Å². The maximum Gasteiger partial charge on any atom is 0.164 e. The Bertz CT molecular complexity index is 608. The second-order valence-corrected chi connectivity index (χ2v) is 4.75. The van der Waals surface area contributed by atoms with Crippen molar-refractivity contribution in [2.24, 2.45) is 0 Å². The van der Waals surface area contributed by atoms with E-state index in [1.54, 1.807) is 13.2 Å². The maximum absolute atomic E-state index is 13.3. The van der Waals surface area contributed by atoms with Crippen LogP contribution >= 0.6 is 11.6 Å². The molecule has 0 saturated carbocycles. The first kappa shape index (κ1) is 14.5. The fraction of sp³-hybridized carbons (Fsp3) is 0.188. The topological polar surface area (TPSA) is 26.3 Å². The molecule has 2 aromatic rings. The van der Waals surface area contributed by atoms with Crippen LogP contribution in [0.2, 0.25) is 5.02 Å². The van der Waals surface area contributed by atoms with E-state index in [4.69, 9.17) is 16.3 Å². The van der Waals surface area contributed by atoms with Gasteiger partial charge in [0.1, 0.15) is 11.6 Å². The maximum atomic E-state index is 13.3. The molecule has 0 N–H and O–H groups in total. The summed E-state index contributed by atoms with van der Waals surface area (Å²) >= 11 is 5.80. The molecule has 0 heterocycles. The van der Waals surface area contributed by atoms with E-state index in [0.29, 0.717) is 6.42 Å². The molecule has 2 nitrogen and oxygen atoms in total. The van der Waals surface area contributed by atoms with Crippen LogP contribution in [0.5, 0.6) is 5.75 Å². The Morgan fingerprint density at radius 2 is 1.90 bits per heavy atom. The number of carbonyl (C=O) groups is 1. The van der Waals surface area contributed by atoms with Crippen LogP contribution in [0.3, 0.4) is 0 Å². The van der Waals surface area contributed by atoms with Gasteiger partial charge in [-0.25, -0.2) is 4.39 Å². The van der Waals surface area contributed by atoms with Crippen molar-refractivity contribution in [3.8, 4) is 5.75 Å². The molecule has 0 fully saturated rings. The Kier molecular flexibility index (Phi) is 4.74. The highest BCUT2D eigenvalue weighted by atomic mass is 35.5. The van der Waals surface area contributed by atoms with E-state index in [1.807, 2.05) is 24.3 Å². The lowest BCUT2D eigenvalue weighted by molar-refractivity contribution is 0.0982. The summed E-state index contributed by atoms with van der Waals surface area (Å²) in [5.74, 6) is 0.0422. The van der Waals surface area contributed by atoms with Crippen molar-refractivity contribution in [2.45, 2.75) is 12.8 Å². The zero-order valence-corrected chi connectivity index (χ0v) is 11.8. The molecule has 0 aliphatic heterocycles. The third-order valence-electron chi connectivity index (χ3n) is 3.05. The van der Waals surface area contributed by atoms with Crippen molar-refractivity contribution in [3.63, 3.8) is 0 Å². The van der Waals surface area contributed by atoms with Crippen molar-refractivity contribution in [2.75, 3.05) is 7.11 Å². The average molecular weight is 293 g/mol. The van der Waals surface area contributed by atoms with Crippen molar-refractivity contribution in [3.05, 3.63) is 64.4 Å². The minimum atomic E-state index is -0.568. The van der Waals surface area contributed by atoms with Crippen LogP contribution < -0.4 is 4.74 Å². The Labute approximate surface area is 122 Å². The number of hydrogen-bond donors (Lipinski definition) is 0. The Morgan fingerprint density at radius 3 is 2.55 bits per heavy atom. The van der Waals surface area contributed by atoms with Crippen molar-refractivity contribution >= 4 is 17.4 Å². The van der Waals surface area contributed by atoms with E-state index in [1.165, 1.54) is 12.1 Å². The molecule has 0 aromatic heterocycles. The highest BCUT2D eigenvalue weighted by Gasteiger charge is 2.13. The number of rotatable bonds is 5. The van der Waals surface area contributed by atoms with Gasteiger partial charge in [-0.1, -0.05) is 29.8 Å². The Balaban J connectivity index is 2.02. The van der Waals surface area contributed by atoms with E-state index in [9.17, 15) is 9.18 Å². The van der Waals surface area contributed by atoms with E-state index in [-0.39, 0.29) is 22.8 Å². The summed E-state index contributed by atoms with van der Waals surface area (Å²) < 4.78 is 18.4. The lowest BCUT2D eigenvalue weighted by Gasteiger charge is -2.05. The van der Waals surface area contributed by atoms with Crippen molar-refractivity contribution < 1.29 is 13.9 Å². The lowest BCUT2D eigenvalue weighted by Crippen LogP contribution is -2.03. The largest absolute Gasteiger partial charge is 0.497 e. The van der Waals surface area contributed by atoms with E-state index >= 15 is 0 Å². The minimum absolute atomic E-state index is 0.104. The number of carbonyl (C=O) groups excluding carboxylic acids is 1. The SMILES string of the molecule is COc1ccc(CCC(=O)c2cccc(F)c2Cl)cc1. The predicted octanol–water partition coefficient (Wildman–Crippen LogP) is 4.30. The van der Waals surface area contributed by atoms with Gasteiger partial charge in [-0.05, 0) is 36.2 Å². The van der Waals surface area contributed by atoms with Crippen LogP contribution in [-0.2, 0) is 6.42 Å². The Morgan fingerprint density at radius 1 is 1.20 bits per heavy atom. The lowest BCUT2D eigenvalue weighted by atomic mass is 10.0. The molecular weight excluding hydrogens is 279 g/mol. The third kappa shape index (κ3) is 3.36. The predicted molar refractivity (Wildman–Crippen MR) is 77.1 cm³/mol. The molecule has 0 spiro atoms. The first-order valence-electron chi connectivity index (χ1n) is 6.22.